The summed E-state index contributed by atoms with van der Waals surface area (Å²) in [7, 11) is 0. The maximum absolute atomic E-state index is 10.6. The molecule has 0 bridgehead atoms. The first-order valence-corrected chi connectivity index (χ1v) is 12.5. The minimum atomic E-state index is -5.08. The van der Waals surface area contributed by atoms with Crippen LogP contribution in [-0.2, 0) is 11.3 Å². The second-order valence-electron chi connectivity index (χ2n) is 9.77. The van der Waals surface area contributed by atoms with Crippen LogP contribution in [0.2, 0.25) is 0 Å². The van der Waals surface area contributed by atoms with Gasteiger partial charge in [-0.05, 0) is 42.0 Å². The number of para-hydroxylation sites is 2. The van der Waals surface area contributed by atoms with Gasteiger partial charge in [-0.3, -0.25) is 4.90 Å². The fourth-order valence-corrected chi connectivity index (χ4v) is 4.11. The minimum Gasteiger partial charge on any atom is -0.475 e. The number of nitrogens with one attached hydrogen (secondary N) is 1. The van der Waals surface area contributed by atoms with E-state index in [1.54, 1.807) is 0 Å². The molecule has 7 nitrogen and oxygen atoms in total. The lowest BCUT2D eigenvalue weighted by Gasteiger charge is -2.36. The Morgan fingerprint density at radius 3 is 2.08 bits per heavy atom. The third kappa shape index (κ3) is 7.31. The van der Waals surface area contributed by atoms with Crippen molar-refractivity contribution >= 4 is 28.6 Å². The molecule has 0 spiro atoms. The van der Waals surface area contributed by atoms with E-state index in [9.17, 15) is 13.2 Å². The molecule has 1 aliphatic heterocycles. The van der Waals surface area contributed by atoms with E-state index in [1.165, 1.54) is 24.0 Å². The molecule has 1 aliphatic carbocycles. The zero-order chi connectivity index (χ0) is 26.6. The molecule has 10 heteroatoms. The normalized spacial score (nSPS) is 16.4. The highest BCUT2D eigenvalue weighted by molar-refractivity contribution is 5.80. The molecule has 2 aliphatic rings. The Morgan fingerprint density at radius 2 is 1.57 bits per heavy atom. The molecule has 5 rings (SSSR count). The van der Waals surface area contributed by atoms with Crippen molar-refractivity contribution in [2.75, 3.05) is 36.4 Å². The maximum Gasteiger partial charge on any atom is 0.490 e. The first-order valence-electron chi connectivity index (χ1n) is 12.5. The SMILES string of the molecule is CC(C)c1ccc(CN2CCN(c3nc4ccccc4nc3NC3CC3)CC2)cc1.O=C(O)C(F)(F)F. The van der Waals surface area contributed by atoms with E-state index in [4.69, 9.17) is 19.9 Å². The van der Waals surface area contributed by atoms with Crippen LogP contribution in [0.3, 0.4) is 0 Å². The van der Waals surface area contributed by atoms with E-state index in [2.05, 4.69) is 59.3 Å². The molecule has 1 aromatic heterocycles. The molecule has 0 atom stereocenters. The van der Waals surface area contributed by atoms with Crippen molar-refractivity contribution in [2.24, 2.45) is 0 Å². The van der Waals surface area contributed by atoms with Gasteiger partial charge in [-0.15, -0.1) is 0 Å². The topological polar surface area (TPSA) is 81.6 Å². The van der Waals surface area contributed by atoms with Gasteiger partial charge in [0.25, 0.3) is 0 Å². The number of hydrogen-bond donors (Lipinski definition) is 2. The van der Waals surface area contributed by atoms with Crippen LogP contribution in [0.4, 0.5) is 24.8 Å². The molecule has 1 saturated heterocycles. The third-order valence-electron chi connectivity index (χ3n) is 6.44. The number of nitrogens with zero attached hydrogens (tertiary/aromatic N) is 4. The molecule has 2 aromatic carbocycles. The van der Waals surface area contributed by atoms with Gasteiger partial charge in [0.15, 0.2) is 11.6 Å². The van der Waals surface area contributed by atoms with E-state index in [-0.39, 0.29) is 0 Å². The van der Waals surface area contributed by atoms with Gasteiger partial charge in [0.2, 0.25) is 0 Å². The summed E-state index contributed by atoms with van der Waals surface area (Å²) in [4.78, 5) is 23.8. The number of carbonyl (C=O) groups is 1. The predicted molar refractivity (Wildman–Crippen MR) is 138 cm³/mol. The van der Waals surface area contributed by atoms with E-state index in [0.717, 1.165) is 55.4 Å². The summed E-state index contributed by atoms with van der Waals surface area (Å²) < 4.78 is 31.7. The second-order valence-corrected chi connectivity index (χ2v) is 9.77. The number of alkyl halides is 3. The first-order chi connectivity index (χ1) is 17.6. The van der Waals surface area contributed by atoms with Crippen LogP contribution in [0, 0.1) is 0 Å². The van der Waals surface area contributed by atoms with Gasteiger partial charge in [0.1, 0.15) is 0 Å². The zero-order valence-electron chi connectivity index (χ0n) is 21.0. The van der Waals surface area contributed by atoms with Crippen LogP contribution in [0.25, 0.3) is 11.0 Å². The predicted octanol–water partition coefficient (Wildman–Crippen LogP) is 5.28. The maximum atomic E-state index is 10.6. The number of carboxylic acids is 1. The largest absolute Gasteiger partial charge is 0.490 e. The summed E-state index contributed by atoms with van der Waals surface area (Å²) in [5.74, 6) is -0.202. The smallest absolute Gasteiger partial charge is 0.475 e. The summed E-state index contributed by atoms with van der Waals surface area (Å²) in [5.41, 5.74) is 4.75. The fourth-order valence-electron chi connectivity index (χ4n) is 4.11. The Morgan fingerprint density at radius 1 is 1.00 bits per heavy atom. The highest BCUT2D eigenvalue weighted by atomic mass is 19.4. The number of benzene rings is 2. The van der Waals surface area contributed by atoms with Gasteiger partial charge >= 0.3 is 12.1 Å². The number of rotatable bonds is 6. The highest BCUT2D eigenvalue weighted by Crippen LogP contribution is 2.31. The Kier molecular flexibility index (Phi) is 8.16. The number of piperazine rings is 1. The third-order valence-corrected chi connectivity index (χ3v) is 6.44. The van der Waals surface area contributed by atoms with Gasteiger partial charge < -0.3 is 15.3 Å². The molecule has 0 radical (unpaired) electrons. The van der Waals surface area contributed by atoms with Crippen molar-refractivity contribution in [1.29, 1.82) is 0 Å². The van der Waals surface area contributed by atoms with Gasteiger partial charge in [0, 0.05) is 38.8 Å². The molecular weight excluding hydrogens is 483 g/mol. The summed E-state index contributed by atoms with van der Waals surface area (Å²) in [5, 5.41) is 10.7. The number of hydrogen-bond acceptors (Lipinski definition) is 6. The van der Waals surface area contributed by atoms with Crippen molar-refractivity contribution in [1.82, 2.24) is 14.9 Å². The van der Waals surface area contributed by atoms with Gasteiger partial charge in [-0.2, -0.15) is 13.2 Å². The van der Waals surface area contributed by atoms with E-state index < -0.39 is 12.1 Å². The van der Waals surface area contributed by atoms with Crippen LogP contribution >= 0.6 is 0 Å². The van der Waals surface area contributed by atoms with E-state index >= 15 is 0 Å². The van der Waals surface area contributed by atoms with Crippen molar-refractivity contribution in [3.05, 3.63) is 59.7 Å². The van der Waals surface area contributed by atoms with Crippen LogP contribution in [-0.4, -0.2) is 64.3 Å². The van der Waals surface area contributed by atoms with Crippen LogP contribution in [0.5, 0.6) is 0 Å². The molecule has 0 amide bonds. The number of halogens is 3. The fraction of sp³-hybridized carbons (Fsp3) is 0.444. The second kappa shape index (κ2) is 11.3. The lowest BCUT2D eigenvalue weighted by atomic mass is 10.0. The van der Waals surface area contributed by atoms with E-state index in [0.29, 0.717) is 12.0 Å². The molecule has 2 heterocycles. The van der Waals surface area contributed by atoms with Crippen molar-refractivity contribution in [3.8, 4) is 0 Å². The summed E-state index contributed by atoms with van der Waals surface area (Å²) in [6.07, 6.45) is -2.62. The average Bonchev–Trinajstić information content (AvgIpc) is 3.68. The summed E-state index contributed by atoms with van der Waals surface area (Å²) in [6, 6.07) is 17.9. The molecule has 37 heavy (non-hydrogen) atoms. The number of aromatic nitrogens is 2. The lowest BCUT2D eigenvalue weighted by molar-refractivity contribution is -0.192. The standard InChI is InChI=1S/C25H31N5.C2HF3O2/c1-18(2)20-9-7-19(8-10-20)17-29-13-15-30(16-14-29)25-24(26-21-11-12-21)27-22-5-3-4-6-23(22)28-25;3-2(4,5)1(6)7/h3-10,18,21H,11-17H2,1-2H3,(H,26,27);(H,6,7). The molecule has 0 unspecified atom stereocenters. The summed E-state index contributed by atoms with van der Waals surface area (Å²) >= 11 is 0. The quantitative estimate of drug-likeness (QED) is 0.462. The monoisotopic (exact) mass is 515 g/mol. The lowest BCUT2D eigenvalue weighted by Crippen LogP contribution is -2.46. The Bertz CT molecular complexity index is 1200. The highest BCUT2D eigenvalue weighted by Gasteiger charge is 2.38. The van der Waals surface area contributed by atoms with Crippen LogP contribution < -0.4 is 10.2 Å². The van der Waals surface area contributed by atoms with Crippen molar-refractivity contribution in [3.63, 3.8) is 0 Å². The van der Waals surface area contributed by atoms with Crippen molar-refractivity contribution < 1.29 is 23.1 Å². The molecular formula is C27H32F3N5O2. The Labute approximate surface area is 214 Å². The van der Waals surface area contributed by atoms with Crippen LogP contribution in [0.1, 0.15) is 43.7 Å². The first kappa shape index (κ1) is 26.7. The molecule has 2 fully saturated rings. The Balaban J connectivity index is 0.000000405. The molecule has 198 valence electrons. The zero-order valence-corrected chi connectivity index (χ0v) is 21.0. The average molecular weight is 516 g/mol. The number of anilines is 2. The van der Waals surface area contributed by atoms with Gasteiger partial charge in [-0.25, -0.2) is 14.8 Å². The Hall–Kier alpha value is -3.40. The number of carboxylic acid groups (broad SMARTS) is 1. The molecule has 3 aromatic rings. The molecule has 1 saturated carbocycles. The van der Waals surface area contributed by atoms with Crippen LogP contribution in [0.15, 0.2) is 48.5 Å². The van der Waals surface area contributed by atoms with Gasteiger partial charge in [0.05, 0.1) is 11.0 Å². The summed E-state index contributed by atoms with van der Waals surface area (Å²) in [6.45, 7) is 9.56. The van der Waals surface area contributed by atoms with Gasteiger partial charge in [-0.1, -0.05) is 50.2 Å². The number of aliphatic carboxylic acids is 1. The van der Waals surface area contributed by atoms with Crippen molar-refractivity contribution in [2.45, 2.75) is 51.4 Å². The minimum absolute atomic E-state index is 0.564. The van der Waals surface area contributed by atoms with E-state index in [1.807, 2.05) is 18.2 Å². The number of fused-ring (bicyclic) bond motifs is 1. The molecule has 2 N–H and O–H groups in total.